The molecule has 170 valence electrons. The highest BCUT2D eigenvalue weighted by Gasteiger charge is 2.30. The molecule has 2 N–H and O–H groups in total. The number of pyridine rings is 1. The van der Waals surface area contributed by atoms with Crippen molar-refractivity contribution in [2.75, 3.05) is 0 Å². The second-order valence-corrected chi connectivity index (χ2v) is 8.19. The number of carbonyl (C=O) groups is 1. The van der Waals surface area contributed by atoms with Gasteiger partial charge in [0.2, 0.25) is 5.43 Å². The number of hydrogen-bond donors (Lipinski definition) is 2. The van der Waals surface area contributed by atoms with Crippen molar-refractivity contribution in [3.05, 3.63) is 52.1 Å². The zero-order valence-corrected chi connectivity index (χ0v) is 18.3. The summed E-state index contributed by atoms with van der Waals surface area (Å²) in [6.45, 7) is 0.389. The number of aromatic carboxylic acids is 1. The van der Waals surface area contributed by atoms with Gasteiger partial charge in [0, 0.05) is 54.4 Å². The van der Waals surface area contributed by atoms with E-state index in [-0.39, 0.29) is 47.8 Å². The molecule has 0 bridgehead atoms. The lowest BCUT2D eigenvalue weighted by molar-refractivity contribution is -0.0486. The van der Waals surface area contributed by atoms with Crippen LogP contribution in [0.5, 0.6) is 5.75 Å². The molecule has 1 aliphatic heterocycles. The van der Waals surface area contributed by atoms with Gasteiger partial charge in [0.25, 0.3) is 0 Å². The molecule has 3 heterocycles. The molecule has 1 aliphatic carbocycles. The fourth-order valence-corrected chi connectivity index (χ4v) is 4.31. The second kappa shape index (κ2) is 8.25. The fourth-order valence-electron chi connectivity index (χ4n) is 4.31. The lowest BCUT2D eigenvalue weighted by Gasteiger charge is -2.22. The first kappa shape index (κ1) is 22.3. The van der Waals surface area contributed by atoms with E-state index in [1.165, 1.54) is 12.3 Å². The Morgan fingerprint density at radius 1 is 1.28 bits per heavy atom. The SMILES string of the molecule is C[C@H]1Cn2cc(-c3ccc4c(=O)c(C(=O)O)cn(C5CC5)c4c3OC(F)F)cc2CN1.S. The molecule has 5 rings (SSSR count). The lowest BCUT2D eigenvalue weighted by Crippen LogP contribution is -2.35. The Hall–Kier alpha value is -2.85. The van der Waals surface area contributed by atoms with Crippen LogP contribution in [-0.4, -0.2) is 32.9 Å². The molecule has 0 saturated heterocycles. The second-order valence-electron chi connectivity index (χ2n) is 8.19. The predicted octanol–water partition coefficient (Wildman–Crippen LogP) is 3.71. The van der Waals surface area contributed by atoms with Crippen molar-refractivity contribution in [1.29, 1.82) is 0 Å². The van der Waals surface area contributed by atoms with Crippen molar-refractivity contribution in [3.8, 4) is 16.9 Å². The van der Waals surface area contributed by atoms with Crippen molar-refractivity contribution in [2.24, 2.45) is 0 Å². The number of alkyl halides is 2. The number of fused-ring (bicyclic) bond motifs is 2. The molecule has 3 aromatic rings. The number of nitrogens with one attached hydrogen (secondary N) is 1. The number of rotatable bonds is 5. The monoisotopic (exact) mass is 463 g/mol. The molecular weight excluding hydrogens is 440 g/mol. The summed E-state index contributed by atoms with van der Waals surface area (Å²) >= 11 is 0. The first-order valence-electron chi connectivity index (χ1n) is 10.2. The van der Waals surface area contributed by atoms with Gasteiger partial charge in [-0.2, -0.15) is 22.3 Å². The number of carboxylic acid groups (broad SMARTS) is 1. The molecule has 2 aromatic heterocycles. The smallest absolute Gasteiger partial charge is 0.387 e. The van der Waals surface area contributed by atoms with Crippen LogP contribution in [0.25, 0.3) is 22.0 Å². The summed E-state index contributed by atoms with van der Waals surface area (Å²) in [6.07, 6.45) is 4.71. The Labute approximate surface area is 189 Å². The molecule has 0 radical (unpaired) electrons. The summed E-state index contributed by atoms with van der Waals surface area (Å²) in [5, 5.41) is 12.9. The molecular formula is C22H23F2N3O4S. The molecule has 1 aromatic carbocycles. The van der Waals surface area contributed by atoms with E-state index in [4.69, 9.17) is 4.74 Å². The third-order valence-electron chi connectivity index (χ3n) is 5.92. The van der Waals surface area contributed by atoms with Crippen molar-refractivity contribution in [2.45, 2.75) is 51.6 Å². The number of nitrogens with zero attached hydrogens (tertiary/aromatic N) is 2. The minimum Gasteiger partial charge on any atom is -0.477 e. The van der Waals surface area contributed by atoms with Gasteiger partial charge >= 0.3 is 12.6 Å². The largest absolute Gasteiger partial charge is 0.477 e. The highest BCUT2D eigenvalue weighted by molar-refractivity contribution is 7.59. The maximum absolute atomic E-state index is 13.5. The van der Waals surface area contributed by atoms with E-state index in [9.17, 15) is 23.5 Å². The Balaban J connectivity index is 0.00000245. The maximum atomic E-state index is 13.5. The van der Waals surface area contributed by atoms with Gasteiger partial charge in [0.05, 0.1) is 10.9 Å². The molecule has 2 aliphatic rings. The normalized spacial score (nSPS) is 17.8. The quantitative estimate of drug-likeness (QED) is 0.603. The number of halogens is 2. The van der Waals surface area contributed by atoms with Gasteiger partial charge in [-0.15, -0.1) is 0 Å². The van der Waals surface area contributed by atoms with E-state index in [0.29, 0.717) is 17.7 Å². The van der Waals surface area contributed by atoms with Crippen LogP contribution in [0.3, 0.4) is 0 Å². The zero-order chi connectivity index (χ0) is 21.9. The standard InChI is InChI=1S/C22H21F2N3O4.H2S/c1-11-8-26-9-12(6-14(26)7-25-11)15-4-5-16-18(20(15)31-22(23)24)27(13-2-3-13)10-17(19(16)28)21(29)30;/h4-6,9-11,13,22,25H,2-3,7-8H2,1H3,(H,29,30);1H2/t11-;/m0./s1. The van der Waals surface area contributed by atoms with Crippen molar-refractivity contribution in [1.82, 2.24) is 14.5 Å². The van der Waals surface area contributed by atoms with Gasteiger partial charge in [-0.25, -0.2) is 4.79 Å². The molecule has 1 saturated carbocycles. The van der Waals surface area contributed by atoms with Gasteiger partial charge in [-0.1, -0.05) is 0 Å². The molecule has 32 heavy (non-hydrogen) atoms. The number of hydrogen-bond acceptors (Lipinski definition) is 4. The van der Waals surface area contributed by atoms with E-state index in [1.807, 2.05) is 12.3 Å². The summed E-state index contributed by atoms with van der Waals surface area (Å²) < 4.78 is 35.6. The maximum Gasteiger partial charge on any atom is 0.387 e. The lowest BCUT2D eigenvalue weighted by atomic mass is 10.0. The van der Waals surface area contributed by atoms with Crippen molar-refractivity contribution < 1.29 is 23.4 Å². The van der Waals surface area contributed by atoms with E-state index < -0.39 is 18.0 Å². The van der Waals surface area contributed by atoms with Crippen LogP contribution in [0.4, 0.5) is 8.78 Å². The van der Waals surface area contributed by atoms with E-state index in [0.717, 1.165) is 25.1 Å². The van der Waals surface area contributed by atoms with Crippen molar-refractivity contribution >= 4 is 30.4 Å². The summed E-state index contributed by atoms with van der Waals surface area (Å²) in [5.41, 5.74) is 1.30. The summed E-state index contributed by atoms with van der Waals surface area (Å²) in [5.74, 6) is -1.44. The number of aromatic nitrogens is 2. The van der Waals surface area contributed by atoms with E-state index in [1.54, 1.807) is 10.6 Å². The van der Waals surface area contributed by atoms with Crippen LogP contribution in [0.1, 0.15) is 41.9 Å². The van der Waals surface area contributed by atoms with Gasteiger partial charge < -0.3 is 24.3 Å². The minimum atomic E-state index is -3.09. The first-order valence-corrected chi connectivity index (χ1v) is 10.2. The average molecular weight is 464 g/mol. The van der Waals surface area contributed by atoms with E-state index in [2.05, 4.69) is 16.8 Å². The Kier molecular flexibility index (Phi) is 5.76. The molecule has 7 nitrogen and oxygen atoms in total. The van der Waals surface area contributed by atoms with Crippen LogP contribution in [0.2, 0.25) is 0 Å². The Morgan fingerprint density at radius 2 is 2.03 bits per heavy atom. The van der Waals surface area contributed by atoms with Crippen LogP contribution >= 0.6 is 13.5 Å². The molecule has 0 unspecified atom stereocenters. The highest BCUT2D eigenvalue weighted by atomic mass is 32.1. The Bertz CT molecular complexity index is 1270. The Morgan fingerprint density at radius 3 is 2.69 bits per heavy atom. The highest BCUT2D eigenvalue weighted by Crippen LogP contribution is 2.43. The zero-order valence-electron chi connectivity index (χ0n) is 17.3. The van der Waals surface area contributed by atoms with Crippen LogP contribution < -0.4 is 15.5 Å². The number of benzene rings is 1. The van der Waals surface area contributed by atoms with Gasteiger partial charge in [0.15, 0.2) is 5.75 Å². The molecule has 0 amide bonds. The number of carboxylic acids is 1. The molecule has 1 atom stereocenters. The van der Waals surface area contributed by atoms with E-state index >= 15 is 0 Å². The topological polar surface area (TPSA) is 85.5 Å². The predicted molar refractivity (Wildman–Crippen MR) is 120 cm³/mol. The summed E-state index contributed by atoms with van der Waals surface area (Å²) in [6, 6.07) is 5.22. The van der Waals surface area contributed by atoms with Gasteiger partial charge in [-0.05, 0) is 38.0 Å². The summed E-state index contributed by atoms with van der Waals surface area (Å²) in [7, 11) is 0. The molecule has 0 spiro atoms. The van der Waals surface area contributed by atoms with Crippen LogP contribution in [0.15, 0.2) is 35.4 Å². The third kappa shape index (κ3) is 3.77. The summed E-state index contributed by atoms with van der Waals surface area (Å²) in [4.78, 5) is 24.4. The fraction of sp³-hybridized carbons (Fsp3) is 0.364. The van der Waals surface area contributed by atoms with Crippen LogP contribution in [0, 0.1) is 0 Å². The van der Waals surface area contributed by atoms with Crippen LogP contribution in [-0.2, 0) is 13.1 Å². The third-order valence-corrected chi connectivity index (χ3v) is 5.92. The molecule has 1 fully saturated rings. The molecule has 10 heteroatoms. The first-order chi connectivity index (χ1) is 14.8. The van der Waals surface area contributed by atoms with Gasteiger partial charge in [-0.3, -0.25) is 4.79 Å². The number of ether oxygens (including phenoxy) is 1. The van der Waals surface area contributed by atoms with Gasteiger partial charge in [0.1, 0.15) is 5.56 Å². The average Bonchev–Trinajstić information content (AvgIpc) is 3.47. The van der Waals surface area contributed by atoms with Crippen molar-refractivity contribution in [3.63, 3.8) is 0 Å². The minimum absolute atomic E-state index is 0.